The van der Waals surface area contributed by atoms with Crippen molar-refractivity contribution in [3.05, 3.63) is 27.7 Å². The number of nitriles is 1. The zero-order chi connectivity index (χ0) is 14.6. The molecule has 2 aliphatic carbocycles. The quantitative estimate of drug-likeness (QED) is 0.887. The van der Waals surface area contributed by atoms with Gasteiger partial charge in [-0.2, -0.15) is 10.4 Å². The maximum absolute atomic E-state index is 11.9. The Kier molecular flexibility index (Phi) is 2.68. The molecule has 108 valence electrons. The molecule has 21 heavy (non-hydrogen) atoms. The van der Waals surface area contributed by atoms with Crippen LogP contribution in [0.1, 0.15) is 42.9 Å². The van der Waals surface area contributed by atoms with Gasteiger partial charge in [0.1, 0.15) is 0 Å². The molecule has 2 aromatic heterocycles. The Morgan fingerprint density at radius 3 is 2.95 bits per heavy atom. The van der Waals surface area contributed by atoms with Gasteiger partial charge in [-0.3, -0.25) is 9.89 Å². The zero-order valence-corrected chi connectivity index (χ0v) is 12.0. The number of H-pyrrole nitrogens is 2. The van der Waals surface area contributed by atoms with Crippen LogP contribution < -0.4 is 5.56 Å². The van der Waals surface area contributed by atoms with Gasteiger partial charge in [-0.15, -0.1) is 0 Å². The Labute approximate surface area is 122 Å². The van der Waals surface area contributed by atoms with Crippen molar-refractivity contribution in [1.29, 1.82) is 5.26 Å². The maximum Gasteiger partial charge on any atom is 0.249 e. The van der Waals surface area contributed by atoms with Crippen LogP contribution in [0.15, 0.2) is 10.9 Å². The summed E-state index contributed by atoms with van der Waals surface area (Å²) in [6, 6.07) is 4.08. The van der Waals surface area contributed by atoms with Crippen LogP contribution in [0.2, 0.25) is 0 Å². The lowest BCUT2D eigenvalue weighted by Crippen LogP contribution is -2.18. The van der Waals surface area contributed by atoms with E-state index in [1.54, 1.807) is 6.07 Å². The van der Waals surface area contributed by atoms with Gasteiger partial charge in [0, 0.05) is 23.6 Å². The van der Waals surface area contributed by atoms with Crippen LogP contribution in [0.5, 0.6) is 0 Å². The molecule has 2 fully saturated rings. The Hall–Kier alpha value is -2.09. The molecule has 0 spiro atoms. The van der Waals surface area contributed by atoms with Gasteiger partial charge in [-0.1, -0.05) is 0 Å². The van der Waals surface area contributed by atoms with Crippen molar-refractivity contribution in [3.63, 3.8) is 0 Å². The van der Waals surface area contributed by atoms with Crippen LogP contribution in [0.3, 0.4) is 0 Å². The molecule has 2 heterocycles. The Bertz CT molecular complexity index is 797. The molecule has 0 saturated heterocycles. The number of aromatic nitrogens is 3. The first-order chi connectivity index (χ1) is 10.2. The fraction of sp³-hybridized carbons (Fsp3) is 0.562. The second-order valence-electron chi connectivity index (χ2n) is 6.62. The minimum atomic E-state index is -0.0691. The Morgan fingerprint density at radius 2 is 2.24 bits per heavy atom. The summed E-state index contributed by atoms with van der Waals surface area (Å²) in [6.45, 7) is 2.00. The van der Waals surface area contributed by atoms with E-state index in [1.165, 1.54) is 6.42 Å². The number of aryl methyl sites for hydroxylation is 1. The third-order valence-electron chi connectivity index (χ3n) is 5.52. The molecule has 5 heteroatoms. The van der Waals surface area contributed by atoms with Crippen molar-refractivity contribution in [1.82, 2.24) is 15.2 Å². The highest BCUT2D eigenvalue weighted by Gasteiger charge is 2.46. The van der Waals surface area contributed by atoms with Gasteiger partial charge >= 0.3 is 0 Å². The summed E-state index contributed by atoms with van der Waals surface area (Å²) in [6.07, 6.45) is 4.14. The predicted octanol–water partition coefficient (Wildman–Crippen LogP) is 2.60. The summed E-state index contributed by atoms with van der Waals surface area (Å²) in [5.74, 6) is 2.29. The number of aromatic amines is 2. The van der Waals surface area contributed by atoms with Crippen LogP contribution in [0, 0.1) is 36.0 Å². The summed E-state index contributed by atoms with van der Waals surface area (Å²) >= 11 is 0. The molecule has 2 saturated carbocycles. The van der Waals surface area contributed by atoms with Gasteiger partial charge in [0.2, 0.25) is 5.56 Å². The van der Waals surface area contributed by atoms with E-state index in [1.807, 2.05) is 6.92 Å². The molecule has 2 aromatic rings. The first-order valence-corrected chi connectivity index (χ1v) is 7.62. The minimum Gasteiger partial charge on any atom is -0.305 e. The highest BCUT2D eigenvalue weighted by atomic mass is 16.1. The van der Waals surface area contributed by atoms with E-state index in [0.717, 1.165) is 29.5 Å². The van der Waals surface area contributed by atoms with Crippen LogP contribution >= 0.6 is 0 Å². The molecule has 0 aliphatic heterocycles. The molecule has 2 aliphatic rings. The van der Waals surface area contributed by atoms with E-state index >= 15 is 0 Å². The number of hydrogen-bond acceptors (Lipinski definition) is 3. The van der Waals surface area contributed by atoms with Crippen LogP contribution in [-0.4, -0.2) is 15.2 Å². The van der Waals surface area contributed by atoms with Gasteiger partial charge in [-0.05, 0) is 55.4 Å². The van der Waals surface area contributed by atoms with Crippen molar-refractivity contribution < 1.29 is 0 Å². The van der Waals surface area contributed by atoms with Crippen molar-refractivity contribution in [2.45, 2.75) is 38.5 Å². The number of fused-ring (bicyclic) bond motifs is 3. The fourth-order valence-electron chi connectivity index (χ4n) is 4.67. The lowest BCUT2D eigenvalue weighted by Gasteiger charge is -2.27. The van der Waals surface area contributed by atoms with Crippen LogP contribution in [0.25, 0.3) is 11.0 Å². The zero-order valence-electron chi connectivity index (χ0n) is 12.0. The highest BCUT2D eigenvalue weighted by molar-refractivity contribution is 5.82. The van der Waals surface area contributed by atoms with E-state index in [-0.39, 0.29) is 5.56 Å². The van der Waals surface area contributed by atoms with Gasteiger partial charge in [0.25, 0.3) is 0 Å². The highest BCUT2D eigenvalue weighted by Crippen LogP contribution is 2.57. The summed E-state index contributed by atoms with van der Waals surface area (Å²) < 4.78 is 0. The number of rotatable bonds is 2. The average molecular weight is 282 g/mol. The van der Waals surface area contributed by atoms with Crippen molar-refractivity contribution >= 4 is 11.0 Å². The molecule has 0 aromatic carbocycles. The molecule has 4 rings (SSSR count). The average Bonchev–Trinajstić information content (AvgIpc) is 3.13. The summed E-state index contributed by atoms with van der Waals surface area (Å²) in [5.41, 5.74) is 2.78. The van der Waals surface area contributed by atoms with Gasteiger partial charge in [0.15, 0.2) is 5.65 Å². The molecule has 2 bridgehead atoms. The van der Waals surface area contributed by atoms with E-state index < -0.39 is 0 Å². The summed E-state index contributed by atoms with van der Waals surface area (Å²) in [5, 5.41) is 17.2. The molecule has 4 unspecified atom stereocenters. The summed E-state index contributed by atoms with van der Waals surface area (Å²) in [7, 11) is 0. The largest absolute Gasteiger partial charge is 0.305 e. The molecule has 0 radical (unpaired) electrons. The normalized spacial score (nSPS) is 30.9. The molecule has 4 atom stereocenters. The lowest BCUT2D eigenvalue weighted by atomic mass is 9.77. The second-order valence-corrected chi connectivity index (χ2v) is 6.62. The topological polar surface area (TPSA) is 85.3 Å². The van der Waals surface area contributed by atoms with Crippen LogP contribution in [0.4, 0.5) is 0 Å². The van der Waals surface area contributed by atoms with Crippen LogP contribution in [-0.2, 0) is 0 Å². The third kappa shape index (κ3) is 1.82. The third-order valence-corrected chi connectivity index (χ3v) is 5.52. The molecule has 5 nitrogen and oxygen atoms in total. The van der Waals surface area contributed by atoms with E-state index in [4.69, 9.17) is 5.26 Å². The van der Waals surface area contributed by atoms with Crippen molar-refractivity contribution in [3.8, 4) is 6.07 Å². The fourth-order valence-corrected chi connectivity index (χ4v) is 4.67. The SMILES string of the molecule is Cc1[nH]nc2[nH]c(=O)cc(C3CC4CC3CC4CC#N)c12. The Morgan fingerprint density at radius 1 is 1.38 bits per heavy atom. The number of pyridine rings is 1. The second kappa shape index (κ2) is 4.45. The number of nitrogens with one attached hydrogen (secondary N) is 2. The van der Waals surface area contributed by atoms with E-state index in [0.29, 0.717) is 35.7 Å². The first-order valence-electron chi connectivity index (χ1n) is 7.62. The molecule has 0 amide bonds. The monoisotopic (exact) mass is 282 g/mol. The van der Waals surface area contributed by atoms with Gasteiger partial charge in [-0.25, -0.2) is 0 Å². The van der Waals surface area contributed by atoms with Crippen molar-refractivity contribution in [2.75, 3.05) is 0 Å². The molecular weight excluding hydrogens is 264 g/mol. The van der Waals surface area contributed by atoms with Gasteiger partial charge < -0.3 is 4.98 Å². The van der Waals surface area contributed by atoms with Crippen molar-refractivity contribution in [2.24, 2.45) is 17.8 Å². The smallest absolute Gasteiger partial charge is 0.249 e. The van der Waals surface area contributed by atoms with E-state index in [9.17, 15) is 4.79 Å². The predicted molar refractivity (Wildman–Crippen MR) is 78.7 cm³/mol. The van der Waals surface area contributed by atoms with E-state index in [2.05, 4.69) is 21.3 Å². The number of hydrogen-bond donors (Lipinski definition) is 2. The minimum absolute atomic E-state index is 0.0691. The lowest BCUT2D eigenvalue weighted by molar-refractivity contribution is 0.310. The number of nitrogens with zero attached hydrogens (tertiary/aromatic N) is 2. The van der Waals surface area contributed by atoms with Gasteiger partial charge in [0.05, 0.1) is 6.07 Å². The maximum atomic E-state index is 11.9. The molecule has 2 N–H and O–H groups in total. The Balaban J connectivity index is 1.75. The molecular formula is C16H18N4O. The first kappa shape index (κ1) is 12.6. The standard InChI is InChI=1S/C16H18N4O/c1-8-15-13(7-14(21)18-16(15)20-19-8)12-6-10-5-11(12)4-9(10)2-3-17/h7,9-12H,2,4-6H2,1H3,(H2,18,19,20,21). The summed E-state index contributed by atoms with van der Waals surface area (Å²) in [4.78, 5) is 14.7.